The molecule has 0 bridgehead atoms. The quantitative estimate of drug-likeness (QED) is 0.851. The van der Waals surface area contributed by atoms with Crippen molar-refractivity contribution in [3.8, 4) is 5.75 Å². The van der Waals surface area contributed by atoms with Gasteiger partial charge in [-0.25, -0.2) is 8.42 Å². The van der Waals surface area contributed by atoms with Crippen LogP contribution in [0.3, 0.4) is 0 Å². The highest BCUT2D eigenvalue weighted by atomic mass is 32.2. The van der Waals surface area contributed by atoms with Gasteiger partial charge in [0.1, 0.15) is 5.75 Å². The fourth-order valence-electron chi connectivity index (χ4n) is 3.75. The molecule has 1 aliphatic carbocycles. The lowest BCUT2D eigenvalue weighted by atomic mass is 9.86. The molecule has 1 aliphatic rings. The van der Waals surface area contributed by atoms with Crippen molar-refractivity contribution in [2.24, 2.45) is 0 Å². The summed E-state index contributed by atoms with van der Waals surface area (Å²) in [7, 11) is 2.17. The monoisotopic (exact) mass is 388 g/mol. The van der Waals surface area contributed by atoms with Gasteiger partial charge >= 0.3 is 0 Å². The zero-order valence-corrected chi connectivity index (χ0v) is 17.5. The first-order chi connectivity index (χ1) is 12.7. The molecule has 0 spiro atoms. The first-order valence-electron chi connectivity index (χ1n) is 9.18. The second-order valence-electron chi connectivity index (χ2n) is 7.51. The van der Waals surface area contributed by atoms with Crippen LogP contribution in [0.1, 0.15) is 28.7 Å². The molecule has 0 amide bonds. The lowest BCUT2D eigenvalue weighted by molar-refractivity contribution is 0.265. The van der Waals surface area contributed by atoms with E-state index >= 15 is 0 Å². The van der Waals surface area contributed by atoms with E-state index in [4.69, 9.17) is 4.74 Å². The van der Waals surface area contributed by atoms with Crippen LogP contribution in [0.4, 0.5) is 5.69 Å². The van der Waals surface area contributed by atoms with Gasteiger partial charge in [0.2, 0.25) is 0 Å². The maximum atomic E-state index is 13.0. The predicted molar refractivity (Wildman–Crippen MR) is 109 cm³/mol. The third kappa shape index (κ3) is 3.96. The molecule has 3 rings (SSSR count). The van der Waals surface area contributed by atoms with Crippen molar-refractivity contribution >= 4 is 15.7 Å². The van der Waals surface area contributed by atoms with E-state index in [1.165, 1.54) is 0 Å². The van der Waals surface area contributed by atoms with E-state index in [1.54, 1.807) is 13.2 Å². The van der Waals surface area contributed by atoms with Crippen LogP contribution in [0.5, 0.6) is 5.75 Å². The molecule has 0 saturated heterocycles. The van der Waals surface area contributed by atoms with Gasteiger partial charge in [0.05, 0.1) is 17.7 Å². The van der Waals surface area contributed by atoms with Crippen LogP contribution in [0.2, 0.25) is 0 Å². The van der Waals surface area contributed by atoms with Crippen molar-refractivity contribution < 1.29 is 13.2 Å². The van der Waals surface area contributed by atoms with Crippen molar-refractivity contribution in [2.45, 2.75) is 44.0 Å². The van der Waals surface area contributed by atoms with Crippen molar-refractivity contribution in [1.29, 1.82) is 0 Å². The molecule has 2 aromatic carbocycles. The van der Waals surface area contributed by atoms with Gasteiger partial charge in [-0.15, -0.1) is 0 Å². The fourth-order valence-corrected chi connectivity index (χ4v) is 5.18. The number of nitrogens with one attached hydrogen (secondary N) is 1. The average Bonchev–Trinajstić information content (AvgIpc) is 2.63. The third-order valence-electron chi connectivity index (χ3n) is 5.38. The molecule has 0 saturated carbocycles. The Hall–Kier alpha value is -2.05. The number of nitrogens with zero attached hydrogens (tertiary/aromatic N) is 1. The second kappa shape index (κ2) is 7.52. The second-order valence-corrected chi connectivity index (χ2v) is 9.16. The SMILES string of the molecule is COc1ccc(NS(=O)(=O)c2cc(C)ccc2C)c2c1C[C@@H](N(C)C)CC2. The summed E-state index contributed by atoms with van der Waals surface area (Å²) in [5.74, 6) is 0.825. The number of anilines is 1. The molecule has 0 heterocycles. The zero-order valence-electron chi connectivity index (χ0n) is 16.7. The molecule has 2 aromatic rings. The first-order valence-corrected chi connectivity index (χ1v) is 10.7. The van der Waals surface area contributed by atoms with Gasteiger partial charge in [-0.2, -0.15) is 0 Å². The number of likely N-dealkylation sites (N-methyl/N-ethyl adjacent to an activating group) is 1. The molecule has 5 nitrogen and oxygen atoms in total. The highest BCUT2D eigenvalue weighted by Gasteiger charge is 2.27. The van der Waals surface area contributed by atoms with Gasteiger partial charge in [-0.05, 0) is 82.1 Å². The van der Waals surface area contributed by atoms with Crippen LogP contribution in [-0.4, -0.2) is 40.6 Å². The van der Waals surface area contributed by atoms with E-state index < -0.39 is 10.0 Å². The maximum absolute atomic E-state index is 13.0. The predicted octanol–water partition coefficient (Wildman–Crippen LogP) is 3.53. The average molecular weight is 389 g/mol. The summed E-state index contributed by atoms with van der Waals surface area (Å²) in [4.78, 5) is 2.55. The van der Waals surface area contributed by atoms with Gasteiger partial charge in [-0.3, -0.25) is 4.72 Å². The minimum atomic E-state index is -3.65. The molecule has 1 N–H and O–H groups in total. The molecule has 0 aliphatic heterocycles. The van der Waals surface area contributed by atoms with Crippen LogP contribution < -0.4 is 9.46 Å². The van der Waals surface area contributed by atoms with Crippen LogP contribution in [0, 0.1) is 13.8 Å². The fraction of sp³-hybridized carbons (Fsp3) is 0.429. The third-order valence-corrected chi connectivity index (χ3v) is 6.89. The number of aryl methyl sites for hydroxylation is 2. The Kier molecular flexibility index (Phi) is 5.49. The number of fused-ring (bicyclic) bond motifs is 1. The van der Waals surface area contributed by atoms with E-state index in [1.807, 2.05) is 38.1 Å². The highest BCUT2D eigenvalue weighted by Crippen LogP contribution is 2.37. The summed E-state index contributed by atoms with van der Waals surface area (Å²) < 4.78 is 34.5. The van der Waals surface area contributed by atoms with Gasteiger partial charge in [0.15, 0.2) is 0 Å². The Bertz CT molecular complexity index is 952. The van der Waals surface area contributed by atoms with Gasteiger partial charge < -0.3 is 9.64 Å². The van der Waals surface area contributed by atoms with E-state index in [-0.39, 0.29) is 0 Å². The summed E-state index contributed by atoms with van der Waals surface area (Å²) in [6.45, 7) is 3.72. The zero-order chi connectivity index (χ0) is 19.8. The molecule has 146 valence electrons. The van der Waals surface area contributed by atoms with E-state index in [0.717, 1.165) is 47.3 Å². The van der Waals surface area contributed by atoms with E-state index in [0.29, 0.717) is 16.6 Å². The van der Waals surface area contributed by atoms with Crippen LogP contribution in [-0.2, 0) is 22.9 Å². The Morgan fingerprint density at radius 3 is 2.52 bits per heavy atom. The Morgan fingerprint density at radius 2 is 1.85 bits per heavy atom. The van der Waals surface area contributed by atoms with Gasteiger partial charge in [0, 0.05) is 11.6 Å². The van der Waals surface area contributed by atoms with Crippen molar-refractivity contribution in [2.75, 3.05) is 25.9 Å². The van der Waals surface area contributed by atoms with E-state index in [2.05, 4.69) is 23.7 Å². The van der Waals surface area contributed by atoms with Crippen molar-refractivity contribution in [3.63, 3.8) is 0 Å². The highest BCUT2D eigenvalue weighted by molar-refractivity contribution is 7.92. The van der Waals surface area contributed by atoms with Crippen LogP contribution in [0.15, 0.2) is 35.2 Å². The molecule has 0 radical (unpaired) electrons. The standard InChI is InChI=1S/C21H28N2O3S/c1-14-6-7-15(2)21(12-14)27(24,25)22-19-10-11-20(26-5)18-13-16(23(3)4)8-9-17(18)19/h6-7,10-12,16,22H,8-9,13H2,1-5H3/t16-/m0/s1. The number of hydrogen-bond acceptors (Lipinski definition) is 4. The van der Waals surface area contributed by atoms with E-state index in [9.17, 15) is 8.42 Å². The Balaban J connectivity index is 2.01. The number of rotatable bonds is 5. The topological polar surface area (TPSA) is 58.6 Å². The number of methoxy groups -OCH3 is 1. The van der Waals surface area contributed by atoms with Crippen molar-refractivity contribution in [1.82, 2.24) is 4.90 Å². The summed E-state index contributed by atoms with van der Waals surface area (Å²) in [5.41, 5.74) is 4.46. The molecule has 27 heavy (non-hydrogen) atoms. The summed E-state index contributed by atoms with van der Waals surface area (Å²) in [6, 6.07) is 9.58. The largest absolute Gasteiger partial charge is 0.496 e. The maximum Gasteiger partial charge on any atom is 0.262 e. The van der Waals surface area contributed by atoms with Crippen LogP contribution >= 0.6 is 0 Å². The van der Waals surface area contributed by atoms with Crippen molar-refractivity contribution in [3.05, 3.63) is 52.6 Å². The number of ether oxygens (including phenoxy) is 1. The molecule has 0 aromatic heterocycles. The lowest BCUT2D eigenvalue weighted by Gasteiger charge is -2.32. The first kappa shape index (κ1) is 19.7. The van der Waals surface area contributed by atoms with Gasteiger partial charge in [-0.1, -0.05) is 12.1 Å². The molecule has 0 unspecified atom stereocenters. The van der Waals surface area contributed by atoms with Crippen LogP contribution in [0.25, 0.3) is 0 Å². The summed E-state index contributed by atoms with van der Waals surface area (Å²) in [6.07, 6.45) is 2.66. The summed E-state index contributed by atoms with van der Waals surface area (Å²) >= 11 is 0. The molecule has 0 fully saturated rings. The Morgan fingerprint density at radius 1 is 1.11 bits per heavy atom. The normalized spacial score (nSPS) is 16.9. The summed E-state index contributed by atoms with van der Waals surface area (Å²) in [5, 5.41) is 0. The smallest absolute Gasteiger partial charge is 0.262 e. The Labute approximate surface area is 162 Å². The number of hydrogen-bond donors (Lipinski definition) is 1. The minimum Gasteiger partial charge on any atom is -0.496 e. The molecular formula is C21H28N2O3S. The van der Waals surface area contributed by atoms with Gasteiger partial charge in [0.25, 0.3) is 10.0 Å². The number of benzene rings is 2. The number of sulfonamides is 1. The molecule has 1 atom stereocenters. The lowest BCUT2D eigenvalue weighted by Crippen LogP contribution is -2.34. The molecule has 6 heteroatoms. The molecular weight excluding hydrogens is 360 g/mol. The minimum absolute atomic E-state index is 0.328.